The van der Waals surface area contributed by atoms with E-state index in [2.05, 4.69) is 19.3 Å². The first kappa shape index (κ1) is 13.0. The molecule has 1 fully saturated rings. The SMILES string of the molecule is CCCCCCC1CCCCCC1NC. The minimum Gasteiger partial charge on any atom is -0.317 e. The molecule has 0 heterocycles. The van der Waals surface area contributed by atoms with Crippen molar-refractivity contribution in [2.75, 3.05) is 7.05 Å². The molecule has 2 unspecified atom stereocenters. The van der Waals surface area contributed by atoms with E-state index in [-0.39, 0.29) is 0 Å². The van der Waals surface area contributed by atoms with Crippen LogP contribution in [-0.2, 0) is 0 Å². The van der Waals surface area contributed by atoms with Gasteiger partial charge in [-0.3, -0.25) is 0 Å². The molecule has 1 nitrogen and oxygen atoms in total. The molecule has 1 N–H and O–H groups in total. The highest BCUT2D eigenvalue weighted by Crippen LogP contribution is 2.27. The maximum Gasteiger partial charge on any atom is 0.00923 e. The molecule has 0 bridgehead atoms. The van der Waals surface area contributed by atoms with Crippen LogP contribution in [-0.4, -0.2) is 13.1 Å². The summed E-state index contributed by atoms with van der Waals surface area (Å²) in [5.74, 6) is 0.967. The molecular formula is C14H29N. The zero-order valence-electron chi connectivity index (χ0n) is 10.7. The van der Waals surface area contributed by atoms with Crippen LogP contribution >= 0.6 is 0 Å². The van der Waals surface area contributed by atoms with Gasteiger partial charge in [0.05, 0.1) is 0 Å². The molecular weight excluding hydrogens is 182 g/mol. The molecule has 1 aliphatic rings. The second kappa shape index (κ2) is 8.15. The van der Waals surface area contributed by atoms with Crippen molar-refractivity contribution in [3.05, 3.63) is 0 Å². The summed E-state index contributed by atoms with van der Waals surface area (Å²) in [6.45, 7) is 2.29. The second-order valence-electron chi connectivity index (χ2n) is 5.14. The molecule has 0 aliphatic heterocycles. The van der Waals surface area contributed by atoms with E-state index in [0.29, 0.717) is 0 Å². The molecule has 15 heavy (non-hydrogen) atoms. The predicted octanol–water partition coefficient (Wildman–Crippen LogP) is 4.13. The van der Waals surface area contributed by atoms with Crippen LogP contribution < -0.4 is 5.32 Å². The first-order valence-electron chi connectivity index (χ1n) is 7.05. The van der Waals surface area contributed by atoms with Crippen molar-refractivity contribution in [3.8, 4) is 0 Å². The van der Waals surface area contributed by atoms with Crippen molar-refractivity contribution in [2.45, 2.75) is 77.2 Å². The van der Waals surface area contributed by atoms with Crippen LogP contribution in [0.4, 0.5) is 0 Å². The lowest BCUT2D eigenvalue weighted by atomic mass is 9.89. The van der Waals surface area contributed by atoms with Gasteiger partial charge in [0.15, 0.2) is 0 Å². The molecule has 0 aromatic rings. The third-order valence-electron chi connectivity index (χ3n) is 3.96. The van der Waals surface area contributed by atoms with Crippen LogP contribution in [0.5, 0.6) is 0 Å². The number of hydrogen-bond acceptors (Lipinski definition) is 1. The summed E-state index contributed by atoms with van der Waals surface area (Å²) >= 11 is 0. The zero-order valence-corrected chi connectivity index (χ0v) is 10.7. The van der Waals surface area contributed by atoms with E-state index in [9.17, 15) is 0 Å². The maximum atomic E-state index is 3.53. The van der Waals surface area contributed by atoms with Gasteiger partial charge in [0.2, 0.25) is 0 Å². The molecule has 1 saturated carbocycles. The maximum absolute atomic E-state index is 3.53. The fraction of sp³-hybridized carbons (Fsp3) is 1.00. The summed E-state index contributed by atoms with van der Waals surface area (Å²) in [6.07, 6.45) is 14.4. The monoisotopic (exact) mass is 211 g/mol. The molecule has 0 aromatic carbocycles. The second-order valence-corrected chi connectivity index (χ2v) is 5.14. The third kappa shape index (κ3) is 5.01. The Kier molecular flexibility index (Phi) is 7.08. The molecule has 1 aliphatic carbocycles. The largest absolute Gasteiger partial charge is 0.317 e. The molecule has 0 saturated heterocycles. The quantitative estimate of drug-likeness (QED) is 0.514. The Morgan fingerprint density at radius 2 is 1.80 bits per heavy atom. The summed E-state index contributed by atoms with van der Waals surface area (Å²) in [7, 11) is 2.15. The molecule has 0 aromatic heterocycles. The van der Waals surface area contributed by atoms with Crippen molar-refractivity contribution >= 4 is 0 Å². The predicted molar refractivity (Wildman–Crippen MR) is 68.2 cm³/mol. The van der Waals surface area contributed by atoms with Gasteiger partial charge in [-0.05, 0) is 32.2 Å². The lowest BCUT2D eigenvalue weighted by Gasteiger charge is -2.24. The van der Waals surface area contributed by atoms with Gasteiger partial charge >= 0.3 is 0 Å². The van der Waals surface area contributed by atoms with Gasteiger partial charge in [0.25, 0.3) is 0 Å². The lowest BCUT2D eigenvalue weighted by Crippen LogP contribution is -2.32. The highest BCUT2D eigenvalue weighted by atomic mass is 14.9. The van der Waals surface area contributed by atoms with Crippen LogP contribution in [0.2, 0.25) is 0 Å². The van der Waals surface area contributed by atoms with E-state index in [1.165, 1.54) is 64.2 Å². The molecule has 1 rings (SSSR count). The van der Waals surface area contributed by atoms with Crippen LogP contribution in [0.25, 0.3) is 0 Å². The van der Waals surface area contributed by atoms with Crippen molar-refractivity contribution in [1.29, 1.82) is 0 Å². The lowest BCUT2D eigenvalue weighted by molar-refractivity contribution is 0.322. The van der Waals surface area contributed by atoms with Gasteiger partial charge in [-0.15, -0.1) is 0 Å². The normalized spacial score (nSPS) is 27.6. The van der Waals surface area contributed by atoms with E-state index in [4.69, 9.17) is 0 Å². The smallest absolute Gasteiger partial charge is 0.00923 e. The molecule has 2 atom stereocenters. The molecule has 1 heteroatoms. The minimum atomic E-state index is 0.814. The van der Waals surface area contributed by atoms with E-state index < -0.39 is 0 Å². The van der Waals surface area contributed by atoms with Crippen molar-refractivity contribution in [1.82, 2.24) is 5.32 Å². The highest BCUT2D eigenvalue weighted by Gasteiger charge is 2.21. The number of rotatable bonds is 6. The Labute approximate surface area is 96.0 Å². The standard InChI is InChI=1S/C14H29N/c1-3-4-5-7-10-13-11-8-6-9-12-14(13)15-2/h13-15H,3-12H2,1-2H3. The zero-order chi connectivity index (χ0) is 10.9. The van der Waals surface area contributed by atoms with Gasteiger partial charge in [-0.2, -0.15) is 0 Å². The van der Waals surface area contributed by atoms with Crippen LogP contribution in [0.3, 0.4) is 0 Å². The molecule has 90 valence electrons. The molecule has 0 spiro atoms. The Balaban J connectivity index is 2.22. The summed E-state index contributed by atoms with van der Waals surface area (Å²) in [5.41, 5.74) is 0. The first-order chi connectivity index (χ1) is 7.38. The van der Waals surface area contributed by atoms with E-state index >= 15 is 0 Å². The van der Waals surface area contributed by atoms with Crippen molar-refractivity contribution in [3.63, 3.8) is 0 Å². The van der Waals surface area contributed by atoms with Gasteiger partial charge in [-0.1, -0.05) is 51.9 Å². The van der Waals surface area contributed by atoms with Gasteiger partial charge in [0.1, 0.15) is 0 Å². The van der Waals surface area contributed by atoms with E-state index in [0.717, 1.165) is 12.0 Å². The minimum absolute atomic E-state index is 0.814. The van der Waals surface area contributed by atoms with Crippen LogP contribution in [0.15, 0.2) is 0 Å². The van der Waals surface area contributed by atoms with Gasteiger partial charge < -0.3 is 5.32 Å². The fourth-order valence-corrected chi connectivity index (χ4v) is 2.94. The number of unbranched alkanes of at least 4 members (excludes halogenated alkanes) is 3. The van der Waals surface area contributed by atoms with E-state index in [1.807, 2.05) is 0 Å². The Morgan fingerprint density at radius 3 is 2.53 bits per heavy atom. The van der Waals surface area contributed by atoms with E-state index in [1.54, 1.807) is 0 Å². The number of hydrogen-bond donors (Lipinski definition) is 1. The van der Waals surface area contributed by atoms with Crippen LogP contribution in [0, 0.1) is 5.92 Å². The highest BCUT2D eigenvalue weighted by molar-refractivity contribution is 4.78. The fourth-order valence-electron chi connectivity index (χ4n) is 2.94. The Hall–Kier alpha value is -0.0400. The molecule has 0 radical (unpaired) electrons. The average molecular weight is 211 g/mol. The average Bonchev–Trinajstić information content (AvgIpc) is 2.49. The van der Waals surface area contributed by atoms with Crippen molar-refractivity contribution in [2.24, 2.45) is 5.92 Å². The topological polar surface area (TPSA) is 12.0 Å². The number of nitrogens with one attached hydrogen (secondary N) is 1. The summed E-state index contributed by atoms with van der Waals surface area (Å²) in [6, 6.07) is 0.814. The third-order valence-corrected chi connectivity index (χ3v) is 3.96. The Bertz CT molecular complexity index is 144. The summed E-state index contributed by atoms with van der Waals surface area (Å²) in [5, 5.41) is 3.53. The first-order valence-corrected chi connectivity index (χ1v) is 7.05. The Morgan fingerprint density at radius 1 is 1.00 bits per heavy atom. The van der Waals surface area contributed by atoms with Gasteiger partial charge in [0, 0.05) is 6.04 Å². The van der Waals surface area contributed by atoms with Crippen LogP contribution in [0.1, 0.15) is 71.1 Å². The van der Waals surface area contributed by atoms with Crippen molar-refractivity contribution < 1.29 is 0 Å². The molecule has 0 amide bonds. The van der Waals surface area contributed by atoms with Gasteiger partial charge in [-0.25, -0.2) is 0 Å². The summed E-state index contributed by atoms with van der Waals surface area (Å²) < 4.78 is 0. The summed E-state index contributed by atoms with van der Waals surface area (Å²) in [4.78, 5) is 0.